The van der Waals surface area contributed by atoms with E-state index in [1.807, 2.05) is 30.4 Å². The maximum absolute atomic E-state index is 13.0. The van der Waals surface area contributed by atoms with E-state index in [0.717, 1.165) is 83.5 Å². The number of ether oxygens (including phenoxy) is 5. The molecule has 0 amide bonds. The number of allylic oxidation sites excluding steroid dienone is 22. The highest BCUT2D eigenvalue weighted by Crippen LogP contribution is 2.26. The van der Waals surface area contributed by atoms with Crippen LogP contribution in [0.2, 0.25) is 0 Å². The van der Waals surface area contributed by atoms with Gasteiger partial charge in [-0.2, -0.15) is 0 Å². The first kappa shape index (κ1) is 61.9. The number of carboxylic acids is 1. The van der Waals surface area contributed by atoms with E-state index in [1.165, 1.54) is 0 Å². The second-order valence-electron chi connectivity index (χ2n) is 16.3. The van der Waals surface area contributed by atoms with Crippen molar-refractivity contribution in [2.75, 3.05) is 13.2 Å². The predicted molar refractivity (Wildman–Crippen MR) is 275 cm³/mol. The van der Waals surface area contributed by atoms with Crippen LogP contribution in [0.1, 0.15) is 149 Å². The van der Waals surface area contributed by atoms with E-state index >= 15 is 0 Å². The molecule has 3 N–H and O–H groups in total. The number of hydrogen-bond donors (Lipinski definition) is 3. The van der Waals surface area contributed by atoms with Crippen molar-refractivity contribution in [1.29, 1.82) is 0 Å². The minimum Gasteiger partial charge on any atom is -0.479 e. The third-order valence-corrected chi connectivity index (χ3v) is 10.2. The van der Waals surface area contributed by atoms with Gasteiger partial charge in [0.2, 0.25) is 0 Å². The predicted octanol–water partition coefficient (Wildman–Crippen LogP) is 11.9. The lowest BCUT2D eigenvalue weighted by Crippen LogP contribution is -2.61. The van der Waals surface area contributed by atoms with Crippen molar-refractivity contribution in [1.82, 2.24) is 0 Å². The zero-order valence-electron chi connectivity index (χ0n) is 41.7. The monoisotopic (exact) mass is 961 g/mol. The number of carbonyl (C=O) groups excluding carboxylic acids is 3. The molecule has 1 saturated heterocycles. The Morgan fingerprint density at radius 3 is 1.35 bits per heavy atom. The highest BCUT2D eigenvalue weighted by Gasteiger charge is 2.50. The number of aliphatic hydroxyl groups excluding tert-OH is 2. The Hall–Kier alpha value is -5.14. The third kappa shape index (κ3) is 34.7. The summed E-state index contributed by atoms with van der Waals surface area (Å²) in [6, 6.07) is 0. The minimum absolute atomic E-state index is 0.0752. The zero-order chi connectivity index (χ0) is 50.4. The van der Waals surface area contributed by atoms with E-state index in [-0.39, 0.29) is 25.9 Å². The molecule has 69 heavy (non-hydrogen) atoms. The van der Waals surface area contributed by atoms with Crippen LogP contribution < -0.4 is 0 Å². The number of aliphatic carboxylic acids is 1. The number of esters is 3. The van der Waals surface area contributed by atoms with Gasteiger partial charge in [-0.05, 0) is 103 Å². The number of rotatable bonds is 39. The fourth-order valence-electron chi connectivity index (χ4n) is 6.46. The number of unbranched alkanes of at least 4 members (excludes halogenated alkanes) is 3. The first-order chi connectivity index (χ1) is 33.6. The highest BCUT2D eigenvalue weighted by molar-refractivity contribution is 5.74. The van der Waals surface area contributed by atoms with Gasteiger partial charge >= 0.3 is 23.9 Å². The zero-order valence-corrected chi connectivity index (χ0v) is 41.7. The van der Waals surface area contributed by atoms with Crippen LogP contribution in [0.3, 0.4) is 0 Å². The normalized spacial score (nSPS) is 19.8. The van der Waals surface area contributed by atoms with E-state index in [0.29, 0.717) is 25.7 Å². The van der Waals surface area contributed by atoms with Crippen LogP contribution in [0, 0.1) is 0 Å². The Labute approximate surface area is 413 Å². The van der Waals surface area contributed by atoms with Gasteiger partial charge in [-0.25, -0.2) is 4.79 Å². The maximum atomic E-state index is 13.0. The summed E-state index contributed by atoms with van der Waals surface area (Å²) in [5.74, 6) is -3.41. The highest BCUT2D eigenvalue weighted by atomic mass is 16.7. The molecule has 1 fully saturated rings. The Bertz CT molecular complexity index is 1710. The summed E-state index contributed by atoms with van der Waals surface area (Å²) in [4.78, 5) is 50.7. The van der Waals surface area contributed by atoms with Crippen molar-refractivity contribution in [3.05, 3.63) is 134 Å². The van der Waals surface area contributed by atoms with Gasteiger partial charge in [-0.3, -0.25) is 14.4 Å². The number of aliphatic hydroxyl groups is 2. The maximum Gasteiger partial charge on any atom is 0.335 e. The van der Waals surface area contributed by atoms with Gasteiger partial charge < -0.3 is 39.0 Å². The van der Waals surface area contributed by atoms with Crippen LogP contribution in [-0.4, -0.2) is 89.2 Å². The van der Waals surface area contributed by atoms with Crippen molar-refractivity contribution in [3.63, 3.8) is 0 Å². The fourth-order valence-corrected chi connectivity index (χ4v) is 6.46. The lowest BCUT2D eigenvalue weighted by atomic mass is 9.98. The number of hydrogen-bond acceptors (Lipinski definition) is 11. The van der Waals surface area contributed by atoms with Crippen LogP contribution >= 0.6 is 0 Å². The van der Waals surface area contributed by atoms with E-state index in [2.05, 4.69) is 124 Å². The van der Waals surface area contributed by atoms with Crippen molar-refractivity contribution < 1.29 is 58.2 Å². The Morgan fingerprint density at radius 2 is 0.899 bits per heavy atom. The van der Waals surface area contributed by atoms with Crippen LogP contribution in [-0.2, 0) is 42.9 Å². The minimum atomic E-state index is -1.94. The quantitative estimate of drug-likeness (QED) is 0.0230. The average Bonchev–Trinajstić information content (AvgIpc) is 3.33. The molecular formula is C57H84O12. The van der Waals surface area contributed by atoms with E-state index in [4.69, 9.17) is 23.7 Å². The van der Waals surface area contributed by atoms with Gasteiger partial charge in [0.15, 0.2) is 24.6 Å². The average molecular weight is 961 g/mol. The number of carbonyl (C=O) groups is 4. The lowest BCUT2D eigenvalue weighted by Gasteiger charge is -2.40. The summed E-state index contributed by atoms with van der Waals surface area (Å²) in [6.45, 7) is 5.46. The van der Waals surface area contributed by atoms with E-state index in [9.17, 15) is 34.5 Å². The molecule has 0 aromatic carbocycles. The first-order valence-electron chi connectivity index (χ1n) is 25.2. The van der Waals surface area contributed by atoms with Crippen LogP contribution in [0.25, 0.3) is 0 Å². The standard InChI is InChI=1S/C57H84O12/c1-4-7-10-13-16-19-22-25-28-31-34-37-40-43-49(58)65-46-48(67-50(59)44-41-38-35-32-29-26-23-20-17-14-11-8-5-2)47-66-57-55(53(62)52(61)54(69-57)56(63)64)68-51(60)45-42-39-36-33-30-27-24-21-18-15-12-9-6-3/h7-12,16-21,25-30,34,36-37,39,48,52-55,57,61-62H,4-6,13-15,22-24,31-33,35,38,40-47H2,1-3H3,(H,63,64)/b10-7-,11-8-,12-9-,19-16-,20-17-,21-18-,28-25-,29-26-,30-27-,37-34-,39-36-. The molecule has 0 radical (unpaired) electrons. The number of carboxylic acid groups (broad SMARTS) is 1. The summed E-state index contributed by atoms with van der Waals surface area (Å²) in [7, 11) is 0. The Morgan fingerprint density at radius 1 is 0.478 bits per heavy atom. The Balaban J connectivity index is 2.86. The van der Waals surface area contributed by atoms with Crippen LogP contribution in [0.5, 0.6) is 0 Å². The molecule has 1 rings (SSSR count). The second-order valence-corrected chi connectivity index (χ2v) is 16.3. The summed E-state index contributed by atoms with van der Waals surface area (Å²) < 4.78 is 28.0. The van der Waals surface area contributed by atoms with Crippen molar-refractivity contribution in [2.45, 2.75) is 186 Å². The van der Waals surface area contributed by atoms with Gasteiger partial charge in [0.25, 0.3) is 0 Å². The van der Waals surface area contributed by atoms with Crippen molar-refractivity contribution in [2.24, 2.45) is 0 Å². The molecule has 0 aliphatic carbocycles. The molecule has 0 aromatic heterocycles. The largest absolute Gasteiger partial charge is 0.479 e. The molecule has 0 saturated carbocycles. The van der Waals surface area contributed by atoms with Crippen LogP contribution in [0.15, 0.2) is 134 Å². The molecule has 0 bridgehead atoms. The summed E-state index contributed by atoms with van der Waals surface area (Å²) >= 11 is 0. The molecule has 6 atom stereocenters. The molecule has 384 valence electrons. The van der Waals surface area contributed by atoms with Gasteiger partial charge in [-0.15, -0.1) is 0 Å². The molecule has 12 heteroatoms. The van der Waals surface area contributed by atoms with E-state index < -0.39 is 67.3 Å². The van der Waals surface area contributed by atoms with Crippen LogP contribution in [0.4, 0.5) is 0 Å². The first-order valence-corrected chi connectivity index (χ1v) is 25.2. The van der Waals surface area contributed by atoms with Crippen molar-refractivity contribution in [3.8, 4) is 0 Å². The van der Waals surface area contributed by atoms with Gasteiger partial charge in [-0.1, -0.05) is 161 Å². The molecule has 1 heterocycles. The molecule has 0 spiro atoms. The topological polar surface area (TPSA) is 175 Å². The van der Waals surface area contributed by atoms with Gasteiger partial charge in [0.1, 0.15) is 18.8 Å². The van der Waals surface area contributed by atoms with Gasteiger partial charge in [0, 0.05) is 19.3 Å². The smallest absolute Gasteiger partial charge is 0.335 e. The van der Waals surface area contributed by atoms with Gasteiger partial charge in [0.05, 0.1) is 6.61 Å². The summed E-state index contributed by atoms with van der Waals surface area (Å²) in [5.41, 5.74) is 0. The summed E-state index contributed by atoms with van der Waals surface area (Å²) in [5, 5.41) is 31.3. The fraction of sp³-hybridized carbons (Fsp3) is 0.544. The summed E-state index contributed by atoms with van der Waals surface area (Å²) in [6.07, 6.45) is 49.1. The molecule has 1 aliphatic rings. The second kappa shape index (κ2) is 44.1. The third-order valence-electron chi connectivity index (χ3n) is 10.2. The molecule has 1 aliphatic heterocycles. The molecule has 6 unspecified atom stereocenters. The van der Waals surface area contributed by atoms with Crippen molar-refractivity contribution >= 4 is 23.9 Å². The SMILES string of the molecule is CC/C=C\C/C=C\C/C=C\C/C=C\CCC(=O)OCC(COC1OC(C(=O)O)C(O)C(O)C1OC(=O)CC/C=C\C/C=C\C/C=C\C/C=C\CC)OC(=O)CCCCC/C=C\C/C=C\C/C=C\CC. The molecular weight excluding hydrogens is 877 g/mol. The molecule has 0 aromatic rings. The van der Waals surface area contributed by atoms with E-state index in [1.54, 1.807) is 0 Å². The Kier molecular flexibility index (Phi) is 39.5. The molecule has 12 nitrogen and oxygen atoms in total. The lowest BCUT2D eigenvalue weighted by molar-refractivity contribution is -0.301.